The maximum atomic E-state index is 12.8. The van der Waals surface area contributed by atoms with Gasteiger partial charge in [-0.15, -0.1) is 11.3 Å². The molecule has 0 fully saturated rings. The predicted octanol–water partition coefficient (Wildman–Crippen LogP) is 4.95. The van der Waals surface area contributed by atoms with E-state index in [9.17, 15) is 8.42 Å². The van der Waals surface area contributed by atoms with Crippen LogP contribution in [-0.2, 0) is 16.4 Å². The Morgan fingerprint density at radius 2 is 2.00 bits per heavy atom. The number of rotatable bonds is 6. The van der Waals surface area contributed by atoms with Crippen LogP contribution in [0.1, 0.15) is 29.7 Å². The van der Waals surface area contributed by atoms with Gasteiger partial charge in [0.1, 0.15) is 8.68 Å². The second kappa shape index (κ2) is 7.31. The van der Waals surface area contributed by atoms with Gasteiger partial charge in [0.25, 0.3) is 15.9 Å². The molecule has 0 aliphatic rings. The summed E-state index contributed by atoms with van der Waals surface area (Å²) in [5.41, 5.74) is 2.56. The van der Waals surface area contributed by atoms with Crippen molar-refractivity contribution in [1.82, 2.24) is 5.16 Å². The number of benzene rings is 1. The Kier molecular flexibility index (Phi) is 5.31. The summed E-state index contributed by atoms with van der Waals surface area (Å²) in [5, 5.41) is 5.55. The minimum atomic E-state index is -3.74. The Labute approximate surface area is 159 Å². The van der Waals surface area contributed by atoms with Gasteiger partial charge in [0.15, 0.2) is 0 Å². The minimum Gasteiger partial charge on any atom is -0.336 e. The molecule has 0 radical (unpaired) electrons. The van der Waals surface area contributed by atoms with Crippen molar-refractivity contribution >= 4 is 43.2 Å². The zero-order valence-corrected chi connectivity index (χ0v) is 16.9. The van der Waals surface area contributed by atoms with E-state index >= 15 is 0 Å². The van der Waals surface area contributed by atoms with E-state index in [1.54, 1.807) is 12.3 Å². The van der Waals surface area contributed by atoms with Crippen LogP contribution in [0.4, 0.5) is 5.88 Å². The van der Waals surface area contributed by atoms with Gasteiger partial charge in [0, 0.05) is 0 Å². The van der Waals surface area contributed by atoms with E-state index in [1.807, 2.05) is 43.3 Å². The molecule has 0 amide bonds. The molecule has 0 aliphatic heterocycles. The van der Waals surface area contributed by atoms with Crippen LogP contribution in [-0.4, -0.2) is 13.6 Å². The summed E-state index contributed by atoms with van der Waals surface area (Å²) in [6.45, 7) is 3.76. The molecule has 5 nitrogen and oxygen atoms in total. The maximum Gasteiger partial charge on any atom is 0.274 e. The maximum absolute atomic E-state index is 12.8. The molecule has 2 heterocycles. The van der Waals surface area contributed by atoms with Crippen molar-refractivity contribution in [3.05, 3.63) is 63.1 Å². The molecule has 3 aromatic rings. The quantitative estimate of drug-likeness (QED) is 0.587. The fourth-order valence-electron chi connectivity index (χ4n) is 2.56. The van der Waals surface area contributed by atoms with Crippen molar-refractivity contribution in [2.24, 2.45) is 0 Å². The summed E-state index contributed by atoms with van der Waals surface area (Å²) in [6.07, 6.45) is 0.769. The summed E-state index contributed by atoms with van der Waals surface area (Å²) in [6, 6.07) is 11.9. The van der Waals surface area contributed by atoms with E-state index in [0.29, 0.717) is 14.4 Å². The molecular formula is C17H17BrN2O3S2. The molecule has 0 saturated heterocycles. The largest absolute Gasteiger partial charge is 0.336 e. The molecule has 8 heteroatoms. The Morgan fingerprint density at radius 1 is 1.28 bits per heavy atom. The SMILES string of the molecule is Cc1noc(NS(=O)(=O)c2sccc2C(C)Cc2ccccc2)c1Br. The Morgan fingerprint density at radius 3 is 2.64 bits per heavy atom. The van der Waals surface area contributed by atoms with E-state index in [0.717, 1.165) is 12.0 Å². The monoisotopic (exact) mass is 440 g/mol. The summed E-state index contributed by atoms with van der Waals surface area (Å²) in [7, 11) is -3.74. The van der Waals surface area contributed by atoms with Crippen molar-refractivity contribution in [2.75, 3.05) is 4.72 Å². The first kappa shape index (κ1) is 18.2. The normalized spacial score (nSPS) is 12.9. The summed E-state index contributed by atoms with van der Waals surface area (Å²) < 4.78 is 33.9. The number of thiophene rings is 1. The van der Waals surface area contributed by atoms with Crippen molar-refractivity contribution in [1.29, 1.82) is 0 Å². The molecule has 0 aliphatic carbocycles. The zero-order chi connectivity index (χ0) is 18.0. The van der Waals surface area contributed by atoms with Gasteiger partial charge in [-0.05, 0) is 57.8 Å². The molecule has 1 unspecified atom stereocenters. The fraction of sp³-hybridized carbons (Fsp3) is 0.235. The number of aromatic nitrogens is 1. The second-order valence-electron chi connectivity index (χ2n) is 5.77. The molecule has 132 valence electrons. The van der Waals surface area contributed by atoms with Crippen molar-refractivity contribution in [3.63, 3.8) is 0 Å². The first-order valence-electron chi connectivity index (χ1n) is 7.64. The van der Waals surface area contributed by atoms with E-state index < -0.39 is 10.0 Å². The molecule has 1 N–H and O–H groups in total. The molecular weight excluding hydrogens is 424 g/mol. The lowest BCUT2D eigenvalue weighted by Gasteiger charge is -2.13. The average Bonchev–Trinajstić information content (AvgIpc) is 3.19. The van der Waals surface area contributed by atoms with Gasteiger partial charge in [0.05, 0.1) is 5.69 Å². The van der Waals surface area contributed by atoms with E-state index in [-0.39, 0.29) is 11.8 Å². The lowest BCUT2D eigenvalue weighted by Crippen LogP contribution is -2.14. The molecule has 2 aromatic heterocycles. The first-order valence-corrected chi connectivity index (χ1v) is 10.8. The Balaban J connectivity index is 1.86. The highest BCUT2D eigenvalue weighted by Crippen LogP contribution is 2.34. The van der Waals surface area contributed by atoms with Crippen LogP contribution in [0.25, 0.3) is 0 Å². The number of anilines is 1. The van der Waals surface area contributed by atoms with Crippen LogP contribution < -0.4 is 4.72 Å². The minimum absolute atomic E-state index is 0.0696. The van der Waals surface area contributed by atoms with Gasteiger partial charge in [0.2, 0.25) is 0 Å². The smallest absolute Gasteiger partial charge is 0.274 e. The van der Waals surface area contributed by atoms with Gasteiger partial charge in [-0.2, -0.15) is 0 Å². The summed E-state index contributed by atoms with van der Waals surface area (Å²) in [5.74, 6) is 0.160. The Hall–Kier alpha value is -1.64. The van der Waals surface area contributed by atoms with Gasteiger partial charge in [-0.3, -0.25) is 0 Å². The van der Waals surface area contributed by atoms with Crippen molar-refractivity contribution in [3.8, 4) is 0 Å². The van der Waals surface area contributed by atoms with E-state index in [2.05, 4.69) is 25.8 Å². The summed E-state index contributed by atoms with van der Waals surface area (Å²) >= 11 is 4.48. The lowest BCUT2D eigenvalue weighted by molar-refractivity contribution is 0.430. The highest BCUT2D eigenvalue weighted by molar-refractivity contribution is 9.10. The van der Waals surface area contributed by atoms with Crippen LogP contribution in [0.3, 0.4) is 0 Å². The first-order chi connectivity index (χ1) is 11.9. The number of halogens is 1. The van der Waals surface area contributed by atoms with Gasteiger partial charge < -0.3 is 4.52 Å². The number of sulfonamides is 1. The highest BCUT2D eigenvalue weighted by Gasteiger charge is 2.26. The number of nitrogens with zero attached hydrogens (tertiary/aromatic N) is 1. The van der Waals surface area contributed by atoms with E-state index in [1.165, 1.54) is 16.9 Å². The molecule has 1 aromatic carbocycles. The van der Waals surface area contributed by atoms with E-state index in [4.69, 9.17) is 4.52 Å². The van der Waals surface area contributed by atoms with Gasteiger partial charge in [-0.1, -0.05) is 42.4 Å². The molecule has 0 spiro atoms. The Bertz CT molecular complexity index is 965. The van der Waals surface area contributed by atoms with Gasteiger partial charge in [-0.25, -0.2) is 13.1 Å². The number of hydrogen-bond donors (Lipinski definition) is 1. The van der Waals surface area contributed by atoms with Crippen LogP contribution in [0.5, 0.6) is 0 Å². The number of nitrogens with one attached hydrogen (secondary N) is 1. The highest BCUT2D eigenvalue weighted by atomic mass is 79.9. The third-order valence-electron chi connectivity index (χ3n) is 3.84. The van der Waals surface area contributed by atoms with Crippen LogP contribution in [0, 0.1) is 6.92 Å². The molecule has 0 saturated carbocycles. The van der Waals surface area contributed by atoms with Crippen LogP contribution in [0.2, 0.25) is 0 Å². The standard InChI is InChI=1S/C17H17BrN2O3S2/c1-11(10-13-6-4-3-5-7-13)14-8-9-24-17(14)25(21,22)20-16-15(18)12(2)19-23-16/h3-9,11,20H,10H2,1-2H3. The number of aryl methyl sites for hydroxylation is 1. The van der Waals surface area contributed by atoms with Crippen molar-refractivity contribution < 1.29 is 12.9 Å². The third kappa shape index (κ3) is 3.96. The molecule has 1 atom stereocenters. The van der Waals surface area contributed by atoms with Crippen LogP contribution in [0.15, 0.2) is 55.0 Å². The second-order valence-corrected chi connectivity index (χ2v) is 9.36. The predicted molar refractivity (Wildman–Crippen MR) is 103 cm³/mol. The molecule has 3 rings (SSSR count). The molecule has 0 bridgehead atoms. The third-order valence-corrected chi connectivity index (χ3v) is 7.62. The topological polar surface area (TPSA) is 72.2 Å². The zero-order valence-electron chi connectivity index (χ0n) is 13.7. The number of hydrogen-bond acceptors (Lipinski definition) is 5. The fourth-order valence-corrected chi connectivity index (χ4v) is 5.53. The average molecular weight is 441 g/mol. The summed E-state index contributed by atoms with van der Waals surface area (Å²) in [4.78, 5) is 0. The van der Waals surface area contributed by atoms with Crippen LogP contribution >= 0.6 is 27.3 Å². The van der Waals surface area contributed by atoms with Crippen molar-refractivity contribution in [2.45, 2.75) is 30.4 Å². The lowest BCUT2D eigenvalue weighted by atomic mass is 9.96. The molecule has 25 heavy (non-hydrogen) atoms. The van der Waals surface area contributed by atoms with Gasteiger partial charge >= 0.3 is 0 Å².